The van der Waals surface area contributed by atoms with Crippen LogP contribution in [0.1, 0.15) is 53.8 Å². The molecule has 0 spiro atoms. The number of halogens is 1. The Morgan fingerprint density at radius 1 is 1.15 bits per heavy atom. The van der Waals surface area contributed by atoms with E-state index in [2.05, 4.69) is 15.7 Å². The number of hydrogen-bond acceptors (Lipinski definition) is 4. The van der Waals surface area contributed by atoms with E-state index < -0.39 is 17.8 Å². The first-order valence-corrected chi connectivity index (χ1v) is 11.4. The van der Waals surface area contributed by atoms with E-state index in [1.54, 1.807) is 18.2 Å². The third-order valence-electron chi connectivity index (χ3n) is 6.18. The number of benzene rings is 2. The van der Waals surface area contributed by atoms with Crippen molar-refractivity contribution in [1.29, 1.82) is 0 Å². The summed E-state index contributed by atoms with van der Waals surface area (Å²) >= 11 is 0. The standard InChI is InChI=1S/C26H29FN4O3/c1-16-8-4-5-9-19(16)21(14-24(32)28-17(2)18-12-13-18)29-26(33)22-15-25(34-3)31(30-22)23-11-7-6-10-20(23)27/h4-11,15,17-18,21H,12-14H2,1-3H3,(H,28,32)(H,29,33)/t17-,21+/m1/s1. The first-order chi connectivity index (χ1) is 16.4. The van der Waals surface area contributed by atoms with Crippen LogP contribution >= 0.6 is 0 Å². The number of carbonyl (C=O) groups excluding carboxylic acids is 2. The minimum Gasteiger partial charge on any atom is -0.481 e. The van der Waals surface area contributed by atoms with Crippen molar-refractivity contribution in [3.63, 3.8) is 0 Å². The number of aromatic nitrogens is 2. The zero-order chi connectivity index (χ0) is 24.2. The van der Waals surface area contributed by atoms with Gasteiger partial charge in [-0.3, -0.25) is 9.59 Å². The summed E-state index contributed by atoms with van der Waals surface area (Å²) in [5.74, 6) is -0.342. The summed E-state index contributed by atoms with van der Waals surface area (Å²) in [5.41, 5.74) is 2.05. The zero-order valence-corrected chi connectivity index (χ0v) is 19.5. The Bertz CT molecular complexity index is 1190. The normalized spacial score (nSPS) is 14.8. The number of para-hydroxylation sites is 1. The molecule has 4 rings (SSSR count). The van der Waals surface area contributed by atoms with E-state index in [9.17, 15) is 14.0 Å². The van der Waals surface area contributed by atoms with Crippen LogP contribution in [0.15, 0.2) is 54.6 Å². The van der Waals surface area contributed by atoms with Gasteiger partial charge in [0.2, 0.25) is 11.8 Å². The Balaban J connectivity index is 1.57. The number of methoxy groups -OCH3 is 1. The number of carbonyl (C=O) groups is 2. The van der Waals surface area contributed by atoms with Gasteiger partial charge in [0.15, 0.2) is 5.69 Å². The second-order valence-corrected chi connectivity index (χ2v) is 8.72. The molecule has 2 N–H and O–H groups in total. The fourth-order valence-corrected chi connectivity index (χ4v) is 4.08. The topological polar surface area (TPSA) is 85.2 Å². The lowest BCUT2D eigenvalue weighted by Crippen LogP contribution is -2.38. The quantitative estimate of drug-likeness (QED) is 0.499. The molecule has 1 saturated carbocycles. The lowest BCUT2D eigenvalue weighted by atomic mass is 9.98. The van der Waals surface area contributed by atoms with Gasteiger partial charge in [-0.05, 0) is 55.9 Å². The number of hydrogen-bond donors (Lipinski definition) is 2. The Kier molecular flexibility index (Phi) is 6.95. The molecule has 0 saturated heterocycles. The fraction of sp³-hybridized carbons (Fsp3) is 0.346. The summed E-state index contributed by atoms with van der Waals surface area (Å²) in [7, 11) is 1.43. The Morgan fingerprint density at radius 2 is 1.85 bits per heavy atom. The summed E-state index contributed by atoms with van der Waals surface area (Å²) in [6, 6.07) is 14.7. The van der Waals surface area contributed by atoms with Gasteiger partial charge in [0, 0.05) is 12.1 Å². The lowest BCUT2D eigenvalue weighted by molar-refractivity contribution is -0.122. The number of amides is 2. The van der Waals surface area contributed by atoms with Crippen LogP contribution < -0.4 is 15.4 Å². The lowest BCUT2D eigenvalue weighted by Gasteiger charge is -2.21. The van der Waals surface area contributed by atoms with Crippen LogP contribution in [0.5, 0.6) is 5.88 Å². The predicted molar refractivity (Wildman–Crippen MR) is 126 cm³/mol. The van der Waals surface area contributed by atoms with Crippen molar-refractivity contribution in [3.05, 3.63) is 77.2 Å². The highest BCUT2D eigenvalue weighted by atomic mass is 19.1. The van der Waals surface area contributed by atoms with E-state index in [1.165, 1.54) is 23.9 Å². The van der Waals surface area contributed by atoms with Crippen molar-refractivity contribution in [2.45, 2.75) is 45.2 Å². The molecule has 0 aliphatic heterocycles. The molecular formula is C26H29FN4O3. The minimum absolute atomic E-state index is 0.0606. The molecule has 0 unspecified atom stereocenters. The number of rotatable bonds is 9. The summed E-state index contributed by atoms with van der Waals surface area (Å²) in [6.45, 7) is 3.95. The van der Waals surface area contributed by atoms with Gasteiger partial charge in [0.05, 0.1) is 19.6 Å². The first-order valence-electron chi connectivity index (χ1n) is 11.4. The molecule has 2 aromatic carbocycles. The Hall–Kier alpha value is -3.68. The van der Waals surface area contributed by atoms with Crippen molar-refractivity contribution in [2.24, 2.45) is 5.92 Å². The molecule has 8 heteroatoms. The van der Waals surface area contributed by atoms with E-state index in [0.29, 0.717) is 5.92 Å². The third kappa shape index (κ3) is 5.27. The molecule has 2 atom stereocenters. The summed E-state index contributed by atoms with van der Waals surface area (Å²) in [6.07, 6.45) is 2.36. The fourth-order valence-electron chi connectivity index (χ4n) is 4.08. The predicted octanol–water partition coefficient (Wildman–Crippen LogP) is 4.10. The van der Waals surface area contributed by atoms with Gasteiger partial charge in [-0.15, -0.1) is 0 Å². The number of aryl methyl sites for hydroxylation is 1. The minimum atomic E-state index is -0.551. The van der Waals surface area contributed by atoms with Gasteiger partial charge in [-0.2, -0.15) is 9.78 Å². The van der Waals surface area contributed by atoms with E-state index in [1.807, 2.05) is 38.1 Å². The molecule has 1 heterocycles. The van der Waals surface area contributed by atoms with Crippen LogP contribution in [0.4, 0.5) is 4.39 Å². The molecule has 34 heavy (non-hydrogen) atoms. The van der Waals surface area contributed by atoms with Crippen LogP contribution in [0, 0.1) is 18.7 Å². The van der Waals surface area contributed by atoms with Crippen molar-refractivity contribution < 1.29 is 18.7 Å². The SMILES string of the molecule is COc1cc(C(=O)N[C@@H](CC(=O)N[C@H](C)C2CC2)c2ccccc2C)nn1-c1ccccc1F. The van der Waals surface area contributed by atoms with Crippen molar-refractivity contribution in [1.82, 2.24) is 20.4 Å². The molecule has 178 valence electrons. The highest BCUT2D eigenvalue weighted by Crippen LogP contribution is 2.32. The molecule has 7 nitrogen and oxygen atoms in total. The van der Waals surface area contributed by atoms with Crippen LogP contribution in [0.3, 0.4) is 0 Å². The maximum Gasteiger partial charge on any atom is 0.272 e. The van der Waals surface area contributed by atoms with Crippen LogP contribution in [-0.4, -0.2) is 34.7 Å². The molecule has 3 aromatic rings. The van der Waals surface area contributed by atoms with Gasteiger partial charge in [-0.25, -0.2) is 4.39 Å². The maximum atomic E-state index is 14.3. The van der Waals surface area contributed by atoms with Gasteiger partial charge in [0.25, 0.3) is 5.91 Å². The molecule has 0 bridgehead atoms. The number of ether oxygens (including phenoxy) is 1. The highest BCUT2D eigenvalue weighted by Gasteiger charge is 2.30. The summed E-state index contributed by atoms with van der Waals surface area (Å²) < 4.78 is 20.9. The van der Waals surface area contributed by atoms with Crippen molar-refractivity contribution >= 4 is 11.8 Å². The molecule has 1 aliphatic rings. The second-order valence-electron chi connectivity index (χ2n) is 8.72. The summed E-state index contributed by atoms with van der Waals surface area (Å²) in [4.78, 5) is 26.0. The summed E-state index contributed by atoms with van der Waals surface area (Å²) in [5, 5.41) is 10.3. The smallest absolute Gasteiger partial charge is 0.272 e. The van der Waals surface area contributed by atoms with Crippen LogP contribution in [0.2, 0.25) is 0 Å². The van der Waals surface area contributed by atoms with Gasteiger partial charge in [-0.1, -0.05) is 36.4 Å². The zero-order valence-electron chi connectivity index (χ0n) is 19.5. The average molecular weight is 465 g/mol. The molecular weight excluding hydrogens is 435 g/mol. The van der Waals surface area contributed by atoms with Gasteiger partial charge >= 0.3 is 0 Å². The van der Waals surface area contributed by atoms with Crippen LogP contribution in [-0.2, 0) is 4.79 Å². The van der Waals surface area contributed by atoms with Crippen molar-refractivity contribution in [2.75, 3.05) is 7.11 Å². The Morgan fingerprint density at radius 3 is 2.53 bits per heavy atom. The third-order valence-corrected chi connectivity index (χ3v) is 6.18. The molecule has 1 fully saturated rings. The molecule has 0 radical (unpaired) electrons. The molecule has 1 aliphatic carbocycles. The molecule has 1 aromatic heterocycles. The number of nitrogens with one attached hydrogen (secondary N) is 2. The number of nitrogens with zero attached hydrogens (tertiary/aromatic N) is 2. The highest BCUT2D eigenvalue weighted by molar-refractivity contribution is 5.93. The first kappa shape index (κ1) is 23.5. The van der Waals surface area contributed by atoms with Crippen LogP contribution in [0.25, 0.3) is 5.69 Å². The second kappa shape index (κ2) is 10.1. The average Bonchev–Trinajstić information content (AvgIpc) is 3.58. The van der Waals surface area contributed by atoms with E-state index >= 15 is 0 Å². The van der Waals surface area contributed by atoms with E-state index in [4.69, 9.17) is 4.74 Å². The van der Waals surface area contributed by atoms with Gasteiger partial charge < -0.3 is 15.4 Å². The van der Waals surface area contributed by atoms with Crippen molar-refractivity contribution in [3.8, 4) is 11.6 Å². The van der Waals surface area contributed by atoms with E-state index in [-0.39, 0.29) is 35.6 Å². The van der Waals surface area contributed by atoms with Gasteiger partial charge in [0.1, 0.15) is 11.5 Å². The molecule has 2 amide bonds. The monoisotopic (exact) mass is 464 g/mol. The largest absolute Gasteiger partial charge is 0.481 e. The maximum absolute atomic E-state index is 14.3. The Labute approximate surface area is 198 Å². The van der Waals surface area contributed by atoms with E-state index in [0.717, 1.165) is 24.0 Å².